The lowest BCUT2D eigenvalue weighted by atomic mass is 9.98. The SMILES string of the molecule is COc1ccc(-c2nc(N(C)CCCOc3ccc4c(c3)CC[C@H]4CC(=O)O)c(F)cc2C#N)cc1. The summed E-state index contributed by atoms with van der Waals surface area (Å²) in [5.74, 6) is 0.333. The molecular weight excluding hydrogens is 461 g/mol. The summed E-state index contributed by atoms with van der Waals surface area (Å²) in [5.41, 5.74) is 3.53. The Hall–Kier alpha value is -4.12. The second-order valence-corrected chi connectivity index (χ2v) is 8.85. The van der Waals surface area contributed by atoms with Gasteiger partial charge in [-0.1, -0.05) is 6.07 Å². The second kappa shape index (κ2) is 11.1. The van der Waals surface area contributed by atoms with E-state index in [4.69, 9.17) is 14.6 Å². The van der Waals surface area contributed by atoms with Crippen LogP contribution in [0.5, 0.6) is 11.5 Å². The molecule has 0 aliphatic heterocycles. The van der Waals surface area contributed by atoms with Gasteiger partial charge in [0.1, 0.15) is 17.6 Å². The molecule has 1 aliphatic carbocycles. The average molecular weight is 490 g/mol. The van der Waals surface area contributed by atoms with Crippen molar-refractivity contribution < 1.29 is 23.8 Å². The number of carboxylic acids is 1. The summed E-state index contributed by atoms with van der Waals surface area (Å²) < 4.78 is 25.9. The second-order valence-electron chi connectivity index (χ2n) is 8.85. The number of ether oxygens (including phenoxy) is 2. The topological polar surface area (TPSA) is 95.7 Å². The number of benzene rings is 2. The number of methoxy groups -OCH3 is 1. The van der Waals surface area contributed by atoms with Crippen molar-refractivity contribution in [1.29, 1.82) is 5.26 Å². The number of aromatic nitrogens is 1. The molecule has 0 unspecified atom stereocenters. The van der Waals surface area contributed by atoms with Gasteiger partial charge in [0.25, 0.3) is 0 Å². The van der Waals surface area contributed by atoms with Crippen LogP contribution in [0, 0.1) is 17.1 Å². The molecule has 1 N–H and O–H groups in total. The van der Waals surface area contributed by atoms with E-state index in [1.54, 1.807) is 43.3 Å². The van der Waals surface area contributed by atoms with Gasteiger partial charge in [0.05, 0.1) is 31.4 Å². The molecule has 7 nitrogen and oxygen atoms in total. The van der Waals surface area contributed by atoms with Gasteiger partial charge >= 0.3 is 5.97 Å². The lowest BCUT2D eigenvalue weighted by molar-refractivity contribution is -0.137. The maximum atomic E-state index is 14.8. The Balaban J connectivity index is 1.38. The molecule has 0 amide bonds. The Kier molecular flexibility index (Phi) is 7.69. The zero-order chi connectivity index (χ0) is 25.7. The number of hydrogen-bond donors (Lipinski definition) is 1. The molecule has 0 bridgehead atoms. The van der Waals surface area contributed by atoms with Crippen molar-refractivity contribution >= 4 is 11.8 Å². The van der Waals surface area contributed by atoms with Crippen LogP contribution >= 0.6 is 0 Å². The minimum absolute atomic E-state index is 0.0674. The van der Waals surface area contributed by atoms with Crippen LogP contribution in [-0.4, -0.2) is 43.4 Å². The Morgan fingerprint density at radius 1 is 1.22 bits per heavy atom. The molecule has 0 radical (unpaired) electrons. The monoisotopic (exact) mass is 489 g/mol. The summed E-state index contributed by atoms with van der Waals surface area (Å²) >= 11 is 0. The minimum Gasteiger partial charge on any atom is -0.497 e. The molecule has 1 heterocycles. The smallest absolute Gasteiger partial charge is 0.303 e. The summed E-state index contributed by atoms with van der Waals surface area (Å²) in [4.78, 5) is 17.2. The highest BCUT2D eigenvalue weighted by Gasteiger charge is 2.25. The van der Waals surface area contributed by atoms with Crippen molar-refractivity contribution in [2.45, 2.75) is 31.6 Å². The first-order chi connectivity index (χ1) is 17.4. The van der Waals surface area contributed by atoms with Gasteiger partial charge < -0.3 is 19.5 Å². The van der Waals surface area contributed by atoms with E-state index in [1.165, 1.54) is 6.07 Å². The van der Waals surface area contributed by atoms with E-state index < -0.39 is 11.8 Å². The normalized spacial score (nSPS) is 14.1. The number of anilines is 1. The molecule has 36 heavy (non-hydrogen) atoms. The predicted molar refractivity (Wildman–Crippen MR) is 134 cm³/mol. The average Bonchev–Trinajstić information content (AvgIpc) is 3.27. The number of aryl methyl sites for hydroxylation is 1. The zero-order valence-corrected chi connectivity index (χ0v) is 20.3. The molecule has 1 aliphatic rings. The van der Waals surface area contributed by atoms with Crippen LogP contribution < -0.4 is 14.4 Å². The van der Waals surface area contributed by atoms with Crippen molar-refractivity contribution in [2.75, 3.05) is 32.2 Å². The van der Waals surface area contributed by atoms with Crippen LogP contribution in [0.1, 0.15) is 41.9 Å². The van der Waals surface area contributed by atoms with Crippen molar-refractivity contribution in [3.8, 4) is 28.8 Å². The van der Waals surface area contributed by atoms with Gasteiger partial charge in [0.2, 0.25) is 0 Å². The van der Waals surface area contributed by atoms with Crippen molar-refractivity contribution in [3.63, 3.8) is 0 Å². The molecular formula is C28H28FN3O4. The Labute approximate surface area is 209 Å². The minimum atomic E-state index is -0.776. The summed E-state index contributed by atoms with van der Waals surface area (Å²) in [6, 6.07) is 16.2. The van der Waals surface area contributed by atoms with Crippen LogP contribution in [0.2, 0.25) is 0 Å². The van der Waals surface area contributed by atoms with E-state index in [1.807, 2.05) is 24.3 Å². The fourth-order valence-corrected chi connectivity index (χ4v) is 4.59. The van der Waals surface area contributed by atoms with Crippen LogP contribution in [0.25, 0.3) is 11.3 Å². The van der Waals surface area contributed by atoms with E-state index in [0.29, 0.717) is 36.6 Å². The highest BCUT2D eigenvalue weighted by atomic mass is 19.1. The van der Waals surface area contributed by atoms with Gasteiger partial charge in [-0.25, -0.2) is 9.37 Å². The highest BCUT2D eigenvalue weighted by Crippen LogP contribution is 2.37. The molecule has 0 spiro atoms. The van der Waals surface area contributed by atoms with Crippen molar-refractivity contribution in [3.05, 3.63) is 71.0 Å². The molecule has 3 aromatic rings. The number of fused-ring (bicyclic) bond motifs is 1. The Bertz CT molecular complexity index is 1290. The van der Waals surface area contributed by atoms with E-state index >= 15 is 0 Å². The fourth-order valence-electron chi connectivity index (χ4n) is 4.59. The number of nitrogens with zero attached hydrogens (tertiary/aromatic N) is 3. The Morgan fingerprint density at radius 2 is 1.97 bits per heavy atom. The van der Waals surface area contributed by atoms with Crippen LogP contribution in [0.15, 0.2) is 48.5 Å². The quantitative estimate of drug-likeness (QED) is 0.392. The largest absolute Gasteiger partial charge is 0.497 e. The first kappa shape index (κ1) is 25.0. The summed E-state index contributed by atoms with van der Waals surface area (Å²) in [6.07, 6.45) is 2.48. The van der Waals surface area contributed by atoms with Gasteiger partial charge in [0.15, 0.2) is 11.6 Å². The molecule has 0 saturated carbocycles. The van der Waals surface area contributed by atoms with Crippen molar-refractivity contribution in [2.24, 2.45) is 0 Å². The standard InChI is InChI=1S/C28H28FN3O4/c1-32(12-3-13-36-23-10-11-24-19(14-23)4-5-20(24)16-26(33)34)28-25(29)15-21(17-30)27(31-28)18-6-8-22(35-2)9-7-18/h6-11,14-15,20H,3-5,12-13,16H2,1-2H3,(H,33,34)/t20-/m0/s1. The summed E-state index contributed by atoms with van der Waals surface area (Å²) in [5, 5.41) is 18.6. The maximum Gasteiger partial charge on any atom is 0.303 e. The molecule has 2 aromatic carbocycles. The summed E-state index contributed by atoms with van der Waals surface area (Å²) in [6.45, 7) is 0.939. The number of aliphatic carboxylic acids is 1. The summed E-state index contributed by atoms with van der Waals surface area (Å²) in [7, 11) is 3.33. The van der Waals surface area contributed by atoms with E-state index in [-0.39, 0.29) is 23.7 Å². The maximum absolute atomic E-state index is 14.8. The molecule has 0 saturated heterocycles. The fraction of sp³-hybridized carbons (Fsp3) is 0.321. The first-order valence-electron chi connectivity index (χ1n) is 11.8. The number of rotatable bonds is 10. The van der Waals surface area contributed by atoms with Gasteiger partial charge in [0, 0.05) is 19.2 Å². The third-order valence-corrected chi connectivity index (χ3v) is 6.45. The lowest BCUT2D eigenvalue weighted by Crippen LogP contribution is -2.23. The number of carboxylic acid groups (broad SMARTS) is 1. The Morgan fingerprint density at radius 3 is 2.67 bits per heavy atom. The van der Waals surface area contributed by atoms with E-state index in [9.17, 15) is 14.4 Å². The van der Waals surface area contributed by atoms with Crippen molar-refractivity contribution in [1.82, 2.24) is 4.98 Å². The number of hydrogen-bond acceptors (Lipinski definition) is 6. The molecule has 4 rings (SSSR count). The molecule has 8 heteroatoms. The van der Waals surface area contributed by atoms with Gasteiger partial charge in [-0.3, -0.25) is 4.79 Å². The number of carbonyl (C=O) groups is 1. The zero-order valence-electron chi connectivity index (χ0n) is 20.3. The first-order valence-corrected chi connectivity index (χ1v) is 11.8. The molecule has 186 valence electrons. The van der Waals surface area contributed by atoms with E-state index in [0.717, 1.165) is 29.7 Å². The number of nitriles is 1. The third-order valence-electron chi connectivity index (χ3n) is 6.45. The van der Waals surface area contributed by atoms with Crippen LogP contribution in [0.3, 0.4) is 0 Å². The van der Waals surface area contributed by atoms with Crippen LogP contribution in [-0.2, 0) is 11.2 Å². The van der Waals surface area contributed by atoms with Gasteiger partial charge in [-0.15, -0.1) is 0 Å². The third kappa shape index (κ3) is 5.57. The predicted octanol–water partition coefficient (Wildman–Crippen LogP) is 5.18. The molecule has 1 aromatic heterocycles. The van der Waals surface area contributed by atoms with Crippen LogP contribution in [0.4, 0.5) is 10.2 Å². The molecule has 1 atom stereocenters. The lowest BCUT2D eigenvalue weighted by Gasteiger charge is -2.20. The van der Waals surface area contributed by atoms with Gasteiger partial charge in [-0.2, -0.15) is 5.26 Å². The van der Waals surface area contributed by atoms with Gasteiger partial charge in [-0.05, 0) is 78.8 Å². The number of pyridine rings is 1. The van der Waals surface area contributed by atoms with E-state index in [2.05, 4.69) is 4.98 Å². The number of halogens is 1. The molecule has 0 fully saturated rings. The highest BCUT2D eigenvalue weighted by molar-refractivity contribution is 5.70.